The number of aromatic hydroxyl groups is 1. The van der Waals surface area contributed by atoms with Crippen LogP contribution in [0.5, 0.6) is 5.75 Å². The Morgan fingerprint density at radius 2 is 2.10 bits per heavy atom. The van der Waals surface area contributed by atoms with E-state index < -0.39 is 0 Å². The Hall–Kier alpha value is -1.51. The van der Waals surface area contributed by atoms with Gasteiger partial charge in [0.2, 0.25) is 0 Å². The van der Waals surface area contributed by atoms with Gasteiger partial charge in [-0.15, -0.1) is 0 Å². The lowest BCUT2D eigenvalue weighted by Gasteiger charge is -2.49. The van der Waals surface area contributed by atoms with Gasteiger partial charge in [-0.3, -0.25) is 0 Å². The molecule has 3 N–H and O–H groups in total. The van der Waals surface area contributed by atoms with Gasteiger partial charge in [0, 0.05) is 11.1 Å². The molecule has 0 heterocycles. The van der Waals surface area contributed by atoms with Crippen LogP contribution in [-0.2, 0) is 6.42 Å². The van der Waals surface area contributed by atoms with Crippen molar-refractivity contribution in [1.82, 2.24) is 0 Å². The van der Waals surface area contributed by atoms with Gasteiger partial charge in [0.15, 0.2) is 0 Å². The highest BCUT2D eigenvalue weighted by atomic mass is 16.3. The third kappa shape index (κ3) is 1.76. The highest BCUT2D eigenvalue weighted by molar-refractivity contribution is 5.92. The molecular weight excluding hydrogens is 260 g/mol. The number of aryl methyl sites for hydroxylation is 1. The minimum Gasteiger partial charge on any atom is -0.508 e. The normalized spacial score (nSPS) is 39.7. The van der Waals surface area contributed by atoms with Gasteiger partial charge in [0.25, 0.3) is 0 Å². The predicted molar refractivity (Wildman–Crippen MR) is 84.3 cm³/mol. The Bertz CT molecular complexity index is 609. The highest BCUT2D eigenvalue weighted by Gasteiger charge is 2.53. The maximum absolute atomic E-state index is 9.71. The van der Waals surface area contributed by atoms with Crippen LogP contribution in [0.1, 0.15) is 56.1 Å². The zero-order valence-corrected chi connectivity index (χ0v) is 12.7. The molecule has 1 aromatic carbocycles. The third-order valence-electron chi connectivity index (χ3n) is 6.61. The number of rotatable bonds is 0. The molecule has 0 spiro atoms. The molecule has 4 atom stereocenters. The average Bonchev–Trinajstić information content (AvgIpc) is 2.83. The lowest BCUT2D eigenvalue weighted by Crippen LogP contribution is -2.42. The van der Waals surface area contributed by atoms with Crippen LogP contribution in [0.2, 0.25) is 0 Å². The van der Waals surface area contributed by atoms with E-state index in [0.717, 1.165) is 24.7 Å². The van der Waals surface area contributed by atoms with E-state index in [1.807, 2.05) is 12.1 Å². The molecule has 112 valence electrons. The number of hydrogen-bond donors (Lipinski definition) is 2. The predicted octanol–water partition coefficient (Wildman–Crippen LogP) is 3.56. The van der Waals surface area contributed by atoms with Crippen LogP contribution >= 0.6 is 0 Å². The first-order chi connectivity index (χ1) is 10.1. The average molecular weight is 284 g/mol. The number of benzene rings is 1. The van der Waals surface area contributed by atoms with Gasteiger partial charge in [-0.2, -0.15) is 5.10 Å². The summed E-state index contributed by atoms with van der Waals surface area (Å²) in [5, 5.41) is 13.8. The lowest BCUT2D eigenvalue weighted by molar-refractivity contribution is 0.0955. The lowest BCUT2D eigenvalue weighted by atomic mass is 9.55. The summed E-state index contributed by atoms with van der Waals surface area (Å²) in [7, 11) is 0. The maximum Gasteiger partial charge on any atom is 0.115 e. The molecule has 3 aliphatic rings. The van der Waals surface area contributed by atoms with Crippen molar-refractivity contribution in [2.45, 2.75) is 51.4 Å². The molecule has 0 amide bonds. The van der Waals surface area contributed by atoms with Gasteiger partial charge in [-0.1, -0.05) is 13.0 Å². The number of hydrazone groups is 1. The second kappa shape index (κ2) is 4.49. The van der Waals surface area contributed by atoms with Gasteiger partial charge < -0.3 is 10.9 Å². The number of hydrogen-bond acceptors (Lipinski definition) is 3. The summed E-state index contributed by atoms with van der Waals surface area (Å²) in [5.41, 5.74) is 4.35. The quantitative estimate of drug-likeness (QED) is 0.565. The Labute approximate surface area is 126 Å². The molecule has 21 heavy (non-hydrogen) atoms. The summed E-state index contributed by atoms with van der Waals surface area (Å²) < 4.78 is 0. The zero-order chi connectivity index (χ0) is 14.6. The van der Waals surface area contributed by atoms with E-state index in [0.29, 0.717) is 11.7 Å². The molecular formula is C18H24N2O. The standard InChI is InChI=1S/C18H24N2O/c1-18-9-8-14-13-5-3-12(21)10-11(13)2-4-15(14)16(18)6-7-17(18)20-19/h3,5,10,14-16,21H,2,4,6-9,19H2,1H3/t14?,15?,16?,18-/m0/s1. The molecule has 0 aliphatic heterocycles. The van der Waals surface area contributed by atoms with Crippen LogP contribution in [0, 0.1) is 17.3 Å². The van der Waals surface area contributed by atoms with Crippen molar-refractivity contribution in [2.24, 2.45) is 28.2 Å². The van der Waals surface area contributed by atoms with E-state index in [1.54, 1.807) is 0 Å². The largest absolute Gasteiger partial charge is 0.508 e. The molecule has 3 nitrogen and oxygen atoms in total. The van der Waals surface area contributed by atoms with Gasteiger partial charge in [-0.05, 0) is 79.5 Å². The van der Waals surface area contributed by atoms with Crippen molar-refractivity contribution in [3.63, 3.8) is 0 Å². The summed E-state index contributed by atoms with van der Waals surface area (Å²) in [5.74, 6) is 8.23. The van der Waals surface area contributed by atoms with Crippen molar-refractivity contribution >= 4 is 5.71 Å². The molecule has 4 rings (SSSR count). The molecule has 2 fully saturated rings. The maximum atomic E-state index is 9.71. The number of phenolic OH excluding ortho intramolecular Hbond substituents is 1. The van der Waals surface area contributed by atoms with Gasteiger partial charge >= 0.3 is 0 Å². The number of nitrogens with two attached hydrogens (primary N) is 1. The fourth-order valence-corrected chi connectivity index (χ4v) is 5.57. The van der Waals surface area contributed by atoms with Crippen LogP contribution in [0.25, 0.3) is 0 Å². The minimum absolute atomic E-state index is 0.240. The van der Waals surface area contributed by atoms with E-state index in [9.17, 15) is 5.11 Å². The first-order valence-corrected chi connectivity index (χ1v) is 8.22. The smallest absolute Gasteiger partial charge is 0.115 e. The van der Waals surface area contributed by atoms with Crippen LogP contribution < -0.4 is 5.84 Å². The second-order valence-electron chi connectivity index (χ2n) is 7.37. The van der Waals surface area contributed by atoms with E-state index in [2.05, 4.69) is 18.1 Å². The van der Waals surface area contributed by atoms with Crippen molar-refractivity contribution in [1.29, 1.82) is 0 Å². The summed E-state index contributed by atoms with van der Waals surface area (Å²) in [6, 6.07) is 5.99. The van der Waals surface area contributed by atoms with Crippen LogP contribution in [0.3, 0.4) is 0 Å². The van der Waals surface area contributed by atoms with E-state index in [4.69, 9.17) is 5.84 Å². The van der Waals surface area contributed by atoms with Crippen molar-refractivity contribution in [2.75, 3.05) is 0 Å². The SMILES string of the molecule is C[C@]12CCC3c4ccc(O)cc4CCC3C1CCC2=NN. The van der Waals surface area contributed by atoms with E-state index in [1.165, 1.54) is 42.5 Å². The first-order valence-electron chi connectivity index (χ1n) is 8.22. The summed E-state index contributed by atoms with van der Waals surface area (Å²) in [6.45, 7) is 2.39. The molecule has 0 saturated heterocycles. The van der Waals surface area contributed by atoms with Crippen LogP contribution in [-0.4, -0.2) is 10.8 Å². The highest BCUT2D eigenvalue weighted by Crippen LogP contribution is 2.59. The molecule has 3 unspecified atom stereocenters. The van der Waals surface area contributed by atoms with Crippen molar-refractivity contribution < 1.29 is 5.11 Å². The topological polar surface area (TPSA) is 58.6 Å². The summed E-state index contributed by atoms with van der Waals surface area (Å²) >= 11 is 0. The fraction of sp³-hybridized carbons (Fsp3) is 0.611. The van der Waals surface area contributed by atoms with E-state index >= 15 is 0 Å². The fourth-order valence-electron chi connectivity index (χ4n) is 5.57. The van der Waals surface area contributed by atoms with Crippen LogP contribution in [0.4, 0.5) is 0 Å². The summed E-state index contributed by atoms with van der Waals surface area (Å²) in [4.78, 5) is 0. The Morgan fingerprint density at radius 1 is 1.24 bits per heavy atom. The zero-order valence-electron chi connectivity index (χ0n) is 12.7. The second-order valence-corrected chi connectivity index (χ2v) is 7.37. The monoisotopic (exact) mass is 284 g/mol. The number of phenols is 1. The van der Waals surface area contributed by atoms with Crippen molar-refractivity contribution in [3.05, 3.63) is 29.3 Å². The van der Waals surface area contributed by atoms with Crippen LogP contribution in [0.15, 0.2) is 23.3 Å². The third-order valence-corrected chi connectivity index (χ3v) is 6.61. The minimum atomic E-state index is 0.240. The Balaban J connectivity index is 1.72. The molecule has 0 aromatic heterocycles. The van der Waals surface area contributed by atoms with Gasteiger partial charge in [0.05, 0.1) is 0 Å². The molecule has 3 aliphatic carbocycles. The number of nitrogens with zero attached hydrogens (tertiary/aromatic N) is 1. The van der Waals surface area contributed by atoms with E-state index in [-0.39, 0.29) is 5.41 Å². The van der Waals surface area contributed by atoms with Gasteiger partial charge in [0.1, 0.15) is 5.75 Å². The molecule has 2 saturated carbocycles. The molecule has 1 aromatic rings. The summed E-state index contributed by atoms with van der Waals surface area (Å²) in [6.07, 6.45) is 7.12. The molecule has 0 radical (unpaired) electrons. The molecule has 3 heteroatoms. The van der Waals surface area contributed by atoms with Crippen molar-refractivity contribution in [3.8, 4) is 5.75 Å². The Morgan fingerprint density at radius 3 is 2.90 bits per heavy atom. The molecule has 0 bridgehead atoms. The number of fused-ring (bicyclic) bond motifs is 5. The Kier molecular flexibility index (Phi) is 2.82. The van der Waals surface area contributed by atoms with Gasteiger partial charge in [-0.25, -0.2) is 0 Å². The first kappa shape index (κ1) is 13.2.